The van der Waals surface area contributed by atoms with Gasteiger partial charge in [-0.05, 0) is 47.2 Å². The van der Waals surface area contributed by atoms with E-state index in [2.05, 4.69) is 27.6 Å². The normalized spacial score (nSPS) is 10.8. The summed E-state index contributed by atoms with van der Waals surface area (Å²) in [4.78, 5) is 12.7. The van der Waals surface area contributed by atoms with Crippen molar-refractivity contribution in [3.05, 3.63) is 103 Å². The Bertz CT molecular complexity index is 1490. The van der Waals surface area contributed by atoms with E-state index in [4.69, 9.17) is 9.47 Å². The average Bonchev–Trinajstić information content (AvgIpc) is 3.34. The Morgan fingerprint density at radius 3 is 2.47 bits per heavy atom. The van der Waals surface area contributed by atoms with Crippen LogP contribution in [0.15, 0.2) is 102 Å². The number of nitrogens with one attached hydrogen (secondary N) is 1. The molecule has 4 aromatic carbocycles. The van der Waals surface area contributed by atoms with Crippen LogP contribution in [0.4, 0.5) is 5.69 Å². The zero-order valence-corrected chi connectivity index (χ0v) is 20.4. The summed E-state index contributed by atoms with van der Waals surface area (Å²) in [6, 6.07) is 31.2. The van der Waals surface area contributed by atoms with Gasteiger partial charge >= 0.3 is 0 Å². The highest BCUT2D eigenvalue weighted by atomic mass is 32.2. The molecule has 0 spiro atoms. The maximum atomic E-state index is 12.7. The summed E-state index contributed by atoms with van der Waals surface area (Å²) in [5.74, 6) is 2.00. The van der Waals surface area contributed by atoms with Crippen LogP contribution < -0.4 is 14.8 Å². The summed E-state index contributed by atoms with van der Waals surface area (Å²) in [6.07, 6.45) is 0. The fourth-order valence-electron chi connectivity index (χ4n) is 3.79. The second-order valence-corrected chi connectivity index (χ2v) is 8.85. The highest BCUT2D eigenvalue weighted by molar-refractivity contribution is 7.99. The van der Waals surface area contributed by atoms with Gasteiger partial charge in [-0.3, -0.25) is 9.36 Å². The van der Waals surface area contributed by atoms with Gasteiger partial charge in [0.25, 0.3) is 0 Å². The lowest BCUT2D eigenvalue weighted by Crippen LogP contribution is -2.15. The Morgan fingerprint density at radius 1 is 0.889 bits per heavy atom. The average molecular weight is 497 g/mol. The van der Waals surface area contributed by atoms with Crippen molar-refractivity contribution in [1.29, 1.82) is 0 Å². The van der Waals surface area contributed by atoms with Crippen LogP contribution in [0.25, 0.3) is 16.5 Å². The molecule has 0 saturated heterocycles. The summed E-state index contributed by atoms with van der Waals surface area (Å²) in [5.41, 5.74) is 1.52. The molecule has 36 heavy (non-hydrogen) atoms. The third-order valence-electron chi connectivity index (χ3n) is 5.52. The fraction of sp³-hybridized carbons (Fsp3) is 0.107. The number of hydrogen-bond donors (Lipinski definition) is 1. The van der Waals surface area contributed by atoms with Crippen molar-refractivity contribution in [2.24, 2.45) is 0 Å². The Balaban J connectivity index is 1.32. The van der Waals surface area contributed by atoms with Crippen LogP contribution in [0.5, 0.6) is 11.5 Å². The summed E-state index contributed by atoms with van der Waals surface area (Å²) >= 11 is 1.31. The van der Waals surface area contributed by atoms with Crippen LogP contribution in [-0.4, -0.2) is 33.5 Å². The molecule has 5 aromatic rings. The molecule has 0 unspecified atom stereocenters. The molecular formula is C28H24N4O3S. The molecular weight excluding hydrogens is 472 g/mol. The Morgan fingerprint density at radius 2 is 1.64 bits per heavy atom. The van der Waals surface area contributed by atoms with E-state index < -0.39 is 0 Å². The molecule has 8 heteroatoms. The summed E-state index contributed by atoms with van der Waals surface area (Å²) in [7, 11) is 1.57. The number of fused-ring (bicyclic) bond motifs is 1. The lowest BCUT2D eigenvalue weighted by Gasteiger charge is -2.12. The number of nitrogens with zero attached hydrogens (tertiary/aromatic N) is 3. The van der Waals surface area contributed by atoms with E-state index in [9.17, 15) is 4.79 Å². The molecule has 0 bridgehead atoms. The number of amides is 1. The number of ether oxygens (including phenoxy) is 2. The fourth-order valence-corrected chi connectivity index (χ4v) is 4.56. The first-order chi connectivity index (χ1) is 17.7. The number of benzene rings is 4. The minimum Gasteiger partial charge on any atom is -0.495 e. The molecule has 0 saturated carbocycles. The zero-order chi connectivity index (χ0) is 24.7. The lowest BCUT2D eigenvalue weighted by molar-refractivity contribution is -0.113. The number of methoxy groups -OCH3 is 1. The molecule has 0 aliphatic rings. The van der Waals surface area contributed by atoms with E-state index in [0.29, 0.717) is 22.4 Å². The van der Waals surface area contributed by atoms with Crippen molar-refractivity contribution in [1.82, 2.24) is 14.8 Å². The molecule has 1 amide bonds. The predicted octanol–water partition coefficient (Wildman–Crippen LogP) is 5.74. The van der Waals surface area contributed by atoms with Crippen molar-refractivity contribution in [2.45, 2.75) is 11.8 Å². The molecule has 0 radical (unpaired) electrons. The summed E-state index contributed by atoms with van der Waals surface area (Å²) in [6.45, 7) is 0.230. The van der Waals surface area contributed by atoms with E-state index >= 15 is 0 Å². The number of anilines is 1. The van der Waals surface area contributed by atoms with Gasteiger partial charge in [-0.25, -0.2) is 0 Å². The smallest absolute Gasteiger partial charge is 0.234 e. The standard InChI is InChI=1S/C28H24N4O3S/c1-34-25-14-8-7-13-24(25)29-27(33)19-36-28-31-30-26(32(28)22-11-3-2-4-12-22)18-35-23-16-15-20-9-5-6-10-21(20)17-23/h2-17H,18-19H2,1H3,(H,29,33). The number of carbonyl (C=O) groups is 1. The summed E-state index contributed by atoms with van der Waals surface area (Å²) in [5, 5.41) is 14.5. The van der Waals surface area contributed by atoms with Crippen molar-refractivity contribution in [3.8, 4) is 17.2 Å². The predicted molar refractivity (Wildman–Crippen MR) is 142 cm³/mol. The zero-order valence-electron chi connectivity index (χ0n) is 19.6. The first-order valence-corrected chi connectivity index (χ1v) is 12.4. The number of thioether (sulfide) groups is 1. The molecule has 0 atom stereocenters. The van der Waals surface area contributed by atoms with Gasteiger partial charge in [0.2, 0.25) is 5.91 Å². The van der Waals surface area contributed by atoms with Gasteiger partial charge in [0.1, 0.15) is 18.1 Å². The van der Waals surface area contributed by atoms with Crippen LogP contribution in [0, 0.1) is 0 Å². The molecule has 0 aliphatic heterocycles. The number of hydrogen-bond acceptors (Lipinski definition) is 6. The third kappa shape index (κ3) is 5.34. The van der Waals surface area contributed by atoms with Crippen LogP contribution in [0.1, 0.15) is 5.82 Å². The quantitative estimate of drug-likeness (QED) is 0.262. The van der Waals surface area contributed by atoms with Crippen molar-refractivity contribution < 1.29 is 14.3 Å². The van der Waals surface area contributed by atoms with Gasteiger partial charge in [0.05, 0.1) is 18.6 Å². The minimum absolute atomic E-state index is 0.161. The largest absolute Gasteiger partial charge is 0.495 e. The second-order valence-electron chi connectivity index (χ2n) is 7.90. The number of rotatable bonds is 9. The van der Waals surface area contributed by atoms with Gasteiger partial charge in [-0.2, -0.15) is 0 Å². The molecule has 1 N–H and O–H groups in total. The molecule has 1 heterocycles. The maximum absolute atomic E-state index is 12.7. The second kappa shape index (κ2) is 11.0. The van der Waals surface area contributed by atoms with Crippen LogP contribution in [0.2, 0.25) is 0 Å². The van der Waals surface area contributed by atoms with E-state index in [1.165, 1.54) is 11.8 Å². The SMILES string of the molecule is COc1ccccc1NC(=O)CSc1nnc(COc2ccc3ccccc3c2)n1-c1ccccc1. The van der Waals surface area contributed by atoms with Crippen LogP contribution in [-0.2, 0) is 11.4 Å². The van der Waals surface area contributed by atoms with E-state index in [-0.39, 0.29) is 18.3 Å². The Hall–Kier alpha value is -4.30. The number of carbonyl (C=O) groups excluding carboxylic acids is 1. The molecule has 0 fully saturated rings. The highest BCUT2D eigenvalue weighted by Gasteiger charge is 2.17. The van der Waals surface area contributed by atoms with Gasteiger partial charge < -0.3 is 14.8 Å². The van der Waals surface area contributed by atoms with E-state index in [0.717, 1.165) is 22.2 Å². The maximum Gasteiger partial charge on any atom is 0.234 e. The molecule has 0 aliphatic carbocycles. The van der Waals surface area contributed by atoms with E-state index in [1.807, 2.05) is 77.4 Å². The first kappa shape index (κ1) is 23.4. The van der Waals surface area contributed by atoms with Crippen molar-refractivity contribution in [3.63, 3.8) is 0 Å². The minimum atomic E-state index is -0.166. The van der Waals surface area contributed by atoms with E-state index in [1.54, 1.807) is 19.2 Å². The van der Waals surface area contributed by atoms with Crippen LogP contribution in [0.3, 0.4) is 0 Å². The third-order valence-corrected chi connectivity index (χ3v) is 6.45. The molecule has 5 rings (SSSR count). The lowest BCUT2D eigenvalue weighted by atomic mass is 10.1. The molecule has 1 aromatic heterocycles. The number of aromatic nitrogens is 3. The van der Waals surface area contributed by atoms with Gasteiger partial charge in [0.15, 0.2) is 11.0 Å². The van der Waals surface area contributed by atoms with Crippen LogP contribution >= 0.6 is 11.8 Å². The molecule has 7 nitrogen and oxygen atoms in total. The molecule has 180 valence electrons. The monoisotopic (exact) mass is 496 g/mol. The van der Waals surface area contributed by atoms with Crippen molar-refractivity contribution in [2.75, 3.05) is 18.2 Å². The van der Waals surface area contributed by atoms with Gasteiger partial charge in [0, 0.05) is 5.69 Å². The highest BCUT2D eigenvalue weighted by Crippen LogP contribution is 2.26. The van der Waals surface area contributed by atoms with Crippen molar-refractivity contribution >= 4 is 34.1 Å². The van der Waals surface area contributed by atoms with Gasteiger partial charge in [-0.1, -0.05) is 72.4 Å². The Labute approximate surface area is 213 Å². The Kier molecular flexibility index (Phi) is 7.14. The van der Waals surface area contributed by atoms with Gasteiger partial charge in [-0.15, -0.1) is 10.2 Å². The number of para-hydroxylation sites is 3. The first-order valence-electron chi connectivity index (χ1n) is 11.4. The topological polar surface area (TPSA) is 78.3 Å². The summed E-state index contributed by atoms with van der Waals surface area (Å²) < 4.78 is 13.3.